The molecule has 1 amide bonds. The first kappa shape index (κ1) is 13.9. The first-order valence-corrected chi connectivity index (χ1v) is 7.41. The number of rotatable bonds is 5. The summed E-state index contributed by atoms with van der Waals surface area (Å²) >= 11 is 2.91. The smallest absolute Gasteiger partial charge is 0.230 e. The van der Waals surface area contributed by atoms with Gasteiger partial charge in [-0.1, -0.05) is 11.8 Å². The van der Waals surface area contributed by atoms with Crippen molar-refractivity contribution in [1.82, 2.24) is 30.5 Å². The summed E-state index contributed by atoms with van der Waals surface area (Å²) in [5.41, 5.74) is 0.980. The summed E-state index contributed by atoms with van der Waals surface area (Å²) in [4.78, 5) is 17.1. The van der Waals surface area contributed by atoms with Crippen LogP contribution in [0, 0.1) is 13.8 Å². The number of hydrogen-bond donors (Lipinski definition) is 1. The second-order valence-corrected chi connectivity index (χ2v) is 6.12. The third-order valence-electron chi connectivity index (χ3n) is 2.36. The SMILES string of the molecule is Cc1nc(C)c(CNC(=O)CSc2nnnn2C)s1. The van der Waals surface area contributed by atoms with E-state index in [0.717, 1.165) is 15.6 Å². The molecule has 0 unspecified atom stereocenters. The third kappa shape index (κ3) is 3.74. The molecule has 0 saturated heterocycles. The predicted octanol–water partition coefficient (Wildman–Crippen LogP) is 0.692. The van der Waals surface area contributed by atoms with Gasteiger partial charge in [0.2, 0.25) is 11.1 Å². The number of thioether (sulfide) groups is 1. The van der Waals surface area contributed by atoms with Crippen LogP contribution in [0.2, 0.25) is 0 Å². The lowest BCUT2D eigenvalue weighted by Gasteiger charge is -2.03. The number of tetrazole rings is 1. The minimum Gasteiger partial charge on any atom is -0.350 e. The number of carbonyl (C=O) groups excluding carboxylic acids is 1. The summed E-state index contributed by atoms with van der Waals surface area (Å²) in [5, 5.41) is 15.5. The van der Waals surface area contributed by atoms with Gasteiger partial charge in [0.15, 0.2) is 0 Å². The van der Waals surface area contributed by atoms with Gasteiger partial charge in [0, 0.05) is 11.9 Å². The molecule has 0 fully saturated rings. The molecule has 2 heterocycles. The zero-order chi connectivity index (χ0) is 13.8. The van der Waals surface area contributed by atoms with Gasteiger partial charge in [0.25, 0.3) is 0 Å². The van der Waals surface area contributed by atoms with E-state index in [4.69, 9.17) is 0 Å². The quantitative estimate of drug-likeness (QED) is 0.818. The summed E-state index contributed by atoms with van der Waals surface area (Å²) in [5.74, 6) is 0.254. The highest BCUT2D eigenvalue weighted by Crippen LogP contribution is 2.17. The van der Waals surface area contributed by atoms with Crippen molar-refractivity contribution in [2.45, 2.75) is 25.5 Å². The number of aromatic nitrogens is 5. The molecule has 102 valence electrons. The molecular weight excluding hydrogens is 284 g/mol. The van der Waals surface area contributed by atoms with Crippen molar-refractivity contribution >= 4 is 29.0 Å². The Bertz CT molecular complexity index is 578. The van der Waals surface area contributed by atoms with E-state index in [2.05, 4.69) is 25.8 Å². The largest absolute Gasteiger partial charge is 0.350 e. The van der Waals surface area contributed by atoms with Gasteiger partial charge in [-0.3, -0.25) is 4.79 Å². The number of nitrogens with zero attached hydrogens (tertiary/aromatic N) is 5. The molecule has 2 aromatic rings. The predicted molar refractivity (Wildman–Crippen MR) is 73.0 cm³/mol. The third-order valence-corrected chi connectivity index (χ3v) is 4.44. The zero-order valence-electron chi connectivity index (χ0n) is 10.9. The molecule has 0 aromatic carbocycles. The number of thiazole rings is 1. The average molecular weight is 298 g/mol. The number of hydrogen-bond acceptors (Lipinski definition) is 7. The first-order chi connectivity index (χ1) is 9.06. The van der Waals surface area contributed by atoms with Crippen LogP contribution in [-0.4, -0.2) is 36.9 Å². The fourth-order valence-corrected chi connectivity index (χ4v) is 3.00. The Hall–Kier alpha value is -1.48. The monoisotopic (exact) mass is 298 g/mol. The Morgan fingerprint density at radius 2 is 2.26 bits per heavy atom. The van der Waals surface area contributed by atoms with Crippen LogP contribution in [-0.2, 0) is 18.4 Å². The summed E-state index contributed by atoms with van der Waals surface area (Å²) in [6.07, 6.45) is 0. The molecule has 19 heavy (non-hydrogen) atoms. The molecule has 1 N–H and O–H groups in total. The standard InChI is InChI=1S/C10H14N6OS2/c1-6-8(19-7(2)12-6)4-11-9(17)5-18-10-13-14-15-16(10)3/h4-5H2,1-3H3,(H,11,17). The van der Waals surface area contributed by atoms with E-state index >= 15 is 0 Å². The topological polar surface area (TPSA) is 85.6 Å². The molecule has 9 heteroatoms. The van der Waals surface area contributed by atoms with E-state index in [1.54, 1.807) is 18.4 Å². The molecule has 0 spiro atoms. The summed E-state index contributed by atoms with van der Waals surface area (Å²) in [7, 11) is 1.74. The van der Waals surface area contributed by atoms with Crippen LogP contribution < -0.4 is 5.32 Å². The summed E-state index contributed by atoms with van der Waals surface area (Å²) in [6, 6.07) is 0. The molecule has 0 aliphatic carbocycles. The summed E-state index contributed by atoms with van der Waals surface area (Å²) < 4.78 is 1.54. The number of amides is 1. The maximum Gasteiger partial charge on any atom is 0.230 e. The van der Waals surface area contributed by atoms with Gasteiger partial charge in [0.05, 0.1) is 23.0 Å². The molecule has 2 rings (SSSR count). The molecule has 0 saturated carbocycles. The van der Waals surface area contributed by atoms with E-state index < -0.39 is 0 Å². The number of nitrogens with one attached hydrogen (secondary N) is 1. The van der Waals surface area contributed by atoms with Crippen molar-refractivity contribution in [3.8, 4) is 0 Å². The van der Waals surface area contributed by atoms with Crippen LogP contribution in [0.5, 0.6) is 0 Å². The molecule has 2 aromatic heterocycles. The fourth-order valence-electron chi connectivity index (χ4n) is 1.44. The Morgan fingerprint density at radius 1 is 1.47 bits per heavy atom. The highest BCUT2D eigenvalue weighted by atomic mass is 32.2. The van der Waals surface area contributed by atoms with Crippen LogP contribution in [0.3, 0.4) is 0 Å². The van der Waals surface area contributed by atoms with E-state index in [1.807, 2.05) is 13.8 Å². The minimum absolute atomic E-state index is 0.0431. The normalized spacial score (nSPS) is 10.7. The van der Waals surface area contributed by atoms with Crippen molar-refractivity contribution in [3.63, 3.8) is 0 Å². The lowest BCUT2D eigenvalue weighted by Crippen LogP contribution is -2.24. The molecule has 0 aliphatic rings. The maximum absolute atomic E-state index is 11.7. The molecule has 7 nitrogen and oxygen atoms in total. The van der Waals surface area contributed by atoms with Gasteiger partial charge in [-0.05, 0) is 24.3 Å². The van der Waals surface area contributed by atoms with Crippen LogP contribution in [0.1, 0.15) is 15.6 Å². The molecule has 0 aliphatic heterocycles. The van der Waals surface area contributed by atoms with E-state index in [0.29, 0.717) is 17.5 Å². The van der Waals surface area contributed by atoms with Crippen molar-refractivity contribution in [1.29, 1.82) is 0 Å². The summed E-state index contributed by atoms with van der Waals surface area (Å²) in [6.45, 7) is 4.43. The lowest BCUT2D eigenvalue weighted by atomic mass is 10.4. The number of carbonyl (C=O) groups is 1. The van der Waals surface area contributed by atoms with E-state index in [9.17, 15) is 4.79 Å². The molecule has 0 atom stereocenters. The van der Waals surface area contributed by atoms with Crippen LogP contribution in [0.25, 0.3) is 0 Å². The fraction of sp³-hybridized carbons (Fsp3) is 0.500. The average Bonchev–Trinajstić information content (AvgIpc) is 2.90. The van der Waals surface area contributed by atoms with Crippen LogP contribution in [0.4, 0.5) is 0 Å². The van der Waals surface area contributed by atoms with Crippen molar-refractivity contribution in [2.24, 2.45) is 7.05 Å². The Morgan fingerprint density at radius 3 is 2.84 bits per heavy atom. The first-order valence-electron chi connectivity index (χ1n) is 5.61. The van der Waals surface area contributed by atoms with Crippen molar-refractivity contribution < 1.29 is 4.79 Å². The Labute approximate surface area is 118 Å². The van der Waals surface area contributed by atoms with Gasteiger partial charge in [-0.2, -0.15) is 0 Å². The van der Waals surface area contributed by atoms with E-state index in [1.165, 1.54) is 16.4 Å². The molecule has 0 radical (unpaired) electrons. The van der Waals surface area contributed by atoms with Crippen molar-refractivity contribution in [3.05, 3.63) is 15.6 Å². The van der Waals surface area contributed by atoms with Gasteiger partial charge in [-0.15, -0.1) is 16.4 Å². The maximum atomic E-state index is 11.7. The second kappa shape index (κ2) is 6.11. The Balaban J connectivity index is 1.79. The van der Waals surface area contributed by atoms with Gasteiger partial charge >= 0.3 is 0 Å². The highest BCUT2D eigenvalue weighted by molar-refractivity contribution is 7.99. The van der Waals surface area contributed by atoms with E-state index in [-0.39, 0.29) is 5.91 Å². The van der Waals surface area contributed by atoms with Gasteiger partial charge in [-0.25, -0.2) is 9.67 Å². The van der Waals surface area contributed by atoms with Crippen LogP contribution >= 0.6 is 23.1 Å². The highest BCUT2D eigenvalue weighted by Gasteiger charge is 2.09. The Kier molecular flexibility index (Phi) is 4.48. The lowest BCUT2D eigenvalue weighted by molar-refractivity contribution is -0.118. The van der Waals surface area contributed by atoms with Crippen molar-refractivity contribution in [2.75, 3.05) is 5.75 Å². The second-order valence-electron chi connectivity index (χ2n) is 3.89. The minimum atomic E-state index is -0.0431. The molecule has 0 bridgehead atoms. The van der Waals surface area contributed by atoms with Crippen LogP contribution in [0.15, 0.2) is 5.16 Å². The van der Waals surface area contributed by atoms with Gasteiger partial charge < -0.3 is 5.32 Å². The molecular formula is C10H14N6OS2. The zero-order valence-corrected chi connectivity index (χ0v) is 12.5. The number of aryl methyl sites for hydroxylation is 3. The van der Waals surface area contributed by atoms with Gasteiger partial charge in [0.1, 0.15) is 0 Å².